The first-order valence-electron chi connectivity index (χ1n) is 7.77. The van der Waals surface area contributed by atoms with E-state index in [1.54, 1.807) is 0 Å². The lowest BCUT2D eigenvalue weighted by atomic mass is 10.00. The molecule has 4 heteroatoms. The minimum atomic E-state index is 0.761. The van der Waals surface area contributed by atoms with Crippen LogP contribution in [0.15, 0.2) is 42.5 Å². The molecular weight excluding hydrogens is 284 g/mol. The van der Waals surface area contributed by atoms with Gasteiger partial charge in [0.1, 0.15) is 0 Å². The molecule has 114 valence electrons. The van der Waals surface area contributed by atoms with Crippen molar-refractivity contribution >= 4 is 17.8 Å². The van der Waals surface area contributed by atoms with Crippen molar-refractivity contribution in [3.05, 3.63) is 65.0 Å². The van der Waals surface area contributed by atoms with Crippen molar-refractivity contribution in [1.82, 2.24) is 14.8 Å². The van der Waals surface area contributed by atoms with Gasteiger partial charge in [0, 0.05) is 17.8 Å². The molecule has 0 atom stereocenters. The lowest BCUT2D eigenvalue weighted by Gasteiger charge is -2.18. The van der Waals surface area contributed by atoms with Crippen molar-refractivity contribution in [2.24, 2.45) is 0 Å². The van der Waals surface area contributed by atoms with Crippen molar-refractivity contribution < 1.29 is 0 Å². The SMILES string of the molecule is Cc1ccc(/C=C/c2nnc3n2CCc2ccc(N)cc2-3)cc1. The molecule has 0 saturated carbocycles. The maximum atomic E-state index is 5.92. The molecule has 0 unspecified atom stereocenters. The molecule has 0 fully saturated rings. The van der Waals surface area contributed by atoms with Crippen LogP contribution >= 0.6 is 0 Å². The van der Waals surface area contributed by atoms with Gasteiger partial charge in [-0.1, -0.05) is 42.0 Å². The molecule has 4 rings (SSSR count). The second kappa shape index (κ2) is 5.39. The number of nitrogens with zero attached hydrogens (tertiary/aromatic N) is 3. The minimum absolute atomic E-state index is 0.761. The van der Waals surface area contributed by atoms with Crippen LogP contribution in [-0.4, -0.2) is 14.8 Å². The molecule has 0 bridgehead atoms. The molecule has 0 aliphatic carbocycles. The highest BCUT2D eigenvalue weighted by atomic mass is 15.3. The quantitative estimate of drug-likeness (QED) is 0.736. The van der Waals surface area contributed by atoms with Crippen LogP contribution < -0.4 is 5.73 Å². The zero-order valence-electron chi connectivity index (χ0n) is 13.0. The second-order valence-electron chi connectivity index (χ2n) is 5.94. The summed E-state index contributed by atoms with van der Waals surface area (Å²) in [6.45, 7) is 2.98. The summed E-state index contributed by atoms with van der Waals surface area (Å²) in [5.41, 5.74) is 11.5. The van der Waals surface area contributed by atoms with E-state index in [0.717, 1.165) is 41.4 Å². The predicted molar refractivity (Wildman–Crippen MR) is 93.7 cm³/mol. The molecule has 2 aromatic carbocycles. The Balaban J connectivity index is 1.70. The molecule has 0 spiro atoms. The van der Waals surface area contributed by atoms with E-state index in [1.807, 2.05) is 18.2 Å². The van der Waals surface area contributed by atoms with E-state index in [0.29, 0.717) is 0 Å². The number of hydrogen-bond donors (Lipinski definition) is 1. The predicted octanol–water partition coefficient (Wildman–Crippen LogP) is 3.56. The maximum Gasteiger partial charge on any atom is 0.164 e. The Morgan fingerprint density at radius 3 is 2.70 bits per heavy atom. The maximum absolute atomic E-state index is 5.92. The number of nitrogen functional groups attached to an aromatic ring is 1. The minimum Gasteiger partial charge on any atom is -0.399 e. The zero-order valence-corrected chi connectivity index (χ0v) is 13.0. The fourth-order valence-corrected chi connectivity index (χ4v) is 2.96. The van der Waals surface area contributed by atoms with Gasteiger partial charge in [-0.05, 0) is 42.7 Å². The Labute approximate surface area is 135 Å². The van der Waals surface area contributed by atoms with E-state index in [1.165, 1.54) is 11.1 Å². The first-order valence-corrected chi connectivity index (χ1v) is 7.77. The van der Waals surface area contributed by atoms with Gasteiger partial charge in [-0.3, -0.25) is 0 Å². The average molecular weight is 302 g/mol. The van der Waals surface area contributed by atoms with Crippen LogP contribution in [0.3, 0.4) is 0 Å². The van der Waals surface area contributed by atoms with Gasteiger partial charge in [-0.2, -0.15) is 0 Å². The number of nitrogens with two attached hydrogens (primary N) is 1. The Kier molecular flexibility index (Phi) is 3.23. The second-order valence-corrected chi connectivity index (χ2v) is 5.94. The van der Waals surface area contributed by atoms with Crippen LogP contribution in [0, 0.1) is 6.92 Å². The van der Waals surface area contributed by atoms with E-state index in [9.17, 15) is 0 Å². The smallest absolute Gasteiger partial charge is 0.164 e. The Morgan fingerprint density at radius 1 is 1.04 bits per heavy atom. The van der Waals surface area contributed by atoms with Crippen LogP contribution in [0.5, 0.6) is 0 Å². The standard InChI is InChI=1S/C19H18N4/c1-13-2-4-14(5-3-13)6-9-18-21-22-19-17-12-16(20)8-7-15(17)10-11-23(18)19/h2-9,12H,10-11,20H2,1H3/b9-6+. The summed E-state index contributed by atoms with van der Waals surface area (Å²) in [6, 6.07) is 14.5. The molecule has 0 amide bonds. The number of benzene rings is 2. The van der Waals surface area contributed by atoms with Gasteiger partial charge in [0.15, 0.2) is 11.6 Å². The van der Waals surface area contributed by atoms with Crippen molar-refractivity contribution in [2.75, 3.05) is 5.73 Å². The molecule has 2 heterocycles. The van der Waals surface area contributed by atoms with Crippen molar-refractivity contribution in [3.63, 3.8) is 0 Å². The largest absolute Gasteiger partial charge is 0.399 e. The molecule has 3 aromatic rings. The lowest BCUT2D eigenvalue weighted by molar-refractivity contribution is 0.676. The fourth-order valence-electron chi connectivity index (χ4n) is 2.96. The number of anilines is 1. The van der Waals surface area contributed by atoms with E-state index >= 15 is 0 Å². The van der Waals surface area contributed by atoms with E-state index < -0.39 is 0 Å². The van der Waals surface area contributed by atoms with E-state index in [2.05, 4.69) is 58.1 Å². The summed E-state index contributed by atoms with van der Waals surface area (Å²) < 4.78 is 2.16. The first-order chi connectivity index (χ1) is 11.2. The monoisotopic (exact) mass is 302 g/mol. The number of aromatic nitrogens is 3. The lowest BCUT2D eigenvalue weighted by Crippen LogP contribution is -2.12. The third-order valence-electron chi connectivity index (χ3n) is 4.26. The third-order valence-corrected chi connectivity index (χ3v) is 4.26. The molecule has 0 radical (unpaired) electrons. The summed E-state index contributed by atoms with van der Waals surface area (Å²) in [5, 5.41) is 8.72. The Bertz CT molecular complexity index is 888. The molecular formula is C19H18N4. The van der Waals surface area contributed by atoms with Gasteiger partial charge in [0.2, 0.25) is 0 Å². The highest BCUT2D eigenvalue weighted by Crippen LogP contribution is 2.30. The number of aryl methyl sites for hydroxylation is 2. The highest BCUT2D eigenvalue weighted by Gasteiger charge is 2.20. The molecule has 4 nitrogen and oxygen atoms in total. The number of hydrogen-bond acceptors (Lipinski definition) is 3. The van der Waals surface area contributed by atoms with Gasteiger partial charge in [0.05, 0.1) is 0 Å². The fraction of sp³-hybridized carbons (Fsp3) is 0.158. The van der Waals surface area contributed by atoms with Gasteiger partial charge in [-0.15, -0.1) is 10.2 Å². The molecule has 1 aromatic heterocycles. The Morgan fingerprint density at radius 2 is 1.87 bits per heavy atom. The van der Waals surface area contributed by atoms with Crippen molar-refractivity contribution in [2.45, 2.75) is 19.9 Å². The number of fused-ring (bicyclic) bond motifs is 3. The summed E-state index contributed by atoms with van der Waals surface area (Å²) in [7, 11) is 0. The summed E-state index contributed by atoms with van der Waals surface area (Å²) in [4.78, 5) is 0. The van der Waals surface area contributed by atoms with Crippen LogP contribution in [-0.2, 0) is 13.0 Å². The summed E-state index contributed by atoms with van der Waals surface area (Å²) in [6.07, 6.45) is 5.08. The van der Waals surface area contributed by atoms with Crippen molar-refractivity contribution in [3.8, 4) is 11.4 Å². The normalized spacial score (nSPS) is 13.1. The molecule has 1 aliphatic heterocycles. The van der Waals surface area contributed by atoms with Gasteiger partial charge in [-0.25, -0.2) is 0 Å². The topological polar surface area (TPSA) is 56.7 Å². The van der Waals surface area contributed by atoms with Crippen LogP contribution in [0.2, 0.25) is 0 Å². The van der Waals surface area contributed by atoms with E-state index in [4.69, 9.17) is 5.73 Å². The molecule has 23 heavy (non-hydrogen) atoms. The zero-order chi connectivity index (χ0) is 15.8. The van der Waals surface area contributed by atoms with E-state index in [-0.39, 0.29) is 0 Å². The highest BCUT2D eigenvalue weighted by molar-refractivity contribution is 5.71. The van der Waals surface area contributed by atoms with Crippen LogP contribution in [0.4, 0.5) is 5.69 Å². The van der Waals surface area contributed by atoms with Gasteiger partial charge >= 0.3 is 0 Å². The average Bonchev–Trinajstić information content (AvgIpc) is 2.98. The summed E-state index contributed by atoms with van der Waals surface area (Å²) >= 11 is 0. The molecule has 1 aliphatic rings. The molecule has 2 N–H and O–H groups in total. The van der Waals surface area contributed by atoms with Gasteiger partial charge < -0.3 is 10.3 Å². The third kappa shape index (κ3) is 2.52. The molecule has 0 saturated heterocycles. The van der Waals surface area contributed by atoms with Gasteiger partial charge in [0.25, 0.3) is 0 Å². The summed E-state index contributed by atoms with van der Waals surface area (Å²) in [5.74, 6) is 1.79. The van der Waals surface area contributed by atoms with Crippen LogP contribution in [0.25, 0.3) is 23.5 Å². The van der Waals surface area contributed by atoms with Crippen LogP contribution in [0.1, 0.15) is 22.5 Å². The van der Waals surface area contributed by atoms with Crippen molar-refractivity contribution in [1.29, 1.82) is 0 Å². The first kappa shape index (κ1) is 13.8. The number of rotatable bonds is 2. The Hall–Kier alpha value is -2.88.